The number of anilines is 1. The number of benzene rings is 3. The lowest BCUT2D eigenvalue weighted by atomic mass is 10.1. The Morgan fingerprint density at radius 2 is 1.61 bits per heavy atom. The van der Waals surface area contributed by atoms with Crippen molar-refractivity contribution in [3.63, 3.8) is 0 Å². The van der Waals surface area contributed by atoms with Crippen molar-refractivity contribution in [1.82, 2.24) is 10.2 Å². The zero-order chi connectivity index (χ0) is 27.9. The zero-order valence-corrected chi connectivity index (χ0v) is 23.7. The smallest absolute Gasteiger partial charge is 0.264 e. The van der Waals surface area contributed by atoms with Gasteiger partial charge in [-0.25, -0.2) is 8.42 Å². The third kappa shape index (κ3) is 6.94. The Morgan fingerprint density at radius 1 is 0.947 bits per heavy atom. The van der Waals surface area contributed by atoms with Gasteiger partial charge in [-0.3, -0.25) is 13.9 Å². The molecule has 7 nitrogen and oxygen atoms in total. The number of hydrogen-bond donors (Lipinski definition) is 1. The molecule has 0 aliphatic carbocycles. The van der Waals surface area contributed by atoms with Crippen LogP contribution in [0.4, 0.5) is 5.69 Å². The van der Waals surface area contributed by atoms with Crippen molar-refractivity contribution in [1.29, 1.82) is 0 Å². The van der Waals surface area contributed by atoms with E-state index in [0.29, 0.717) is 22.8 Å². The van der Waals surface area contributed by atoms with Crippen LogP contribution in [0.25, 0.3) is 0 Å². The second-order valence-corrected chi connectivity index (χ2v) is 11.4. The Bertz CT molecular complexity index is 1380. The molecule has 0 aliphatic rings. The molecule has 0 aliphatic heterocycles. The standard InChI is InChI=1S/C29H34ClN3O4S/c1-5-17-31-29(35)23(4)32(19-24-11-9-10-14-27(24)30)28(34)20-33(25-16-15-21(2)22(3)18-25)38(36,37)26-12-7-6-8-13-26/h6-16,18,23H,5,17,19-20H2,1-4H3,(H,31,35)/t23-/m1/s1. The molecule has 0 heterocycles. The van der Waals surface area contributed by atoms with Crippen molar-refractivity contribution in [2.24, 2.45) is 0 Å². The lowest BCUT2D eigenvalue weighted by molar-refractivity contribution is -0.139. The largest absolute Gasteiger partial charge is 0.354 e. The molecule has 202 valence electrons. The van der Waals surface area contributed by atoms with Gasteiger partial charge in [-0.05, 0) is 74.2 Å². The summed E-state index contributed by atoms with van der Waals surface area (Å²) in [6, 6.07) is 19.5. The second-order valence-electron chi connectivity index (χ2n) is 9.17. The minimum absolute atomic E-state index is 0.0470. The van der Waals surface area contributed by atoms with Crippen LogP contribution in [0.3, 0.4) is 0 Å². The maximum absolute atomic E-state index is 13.9. The Kier molecular flexibility index (Phi) is 9.94. The molecule has 0 radical (unpaired) electrons. The molecule has 0 aromatic heterocycles. The molecule has 1 atom stereocenters. The molecule has 1 N–H and O–H groups in total. The van der Waals surface area contributed by atoms with Gasteiger partial charge >= 0.3 is 0 Å². The monoisotopic (exact) mass is 555 g/mol. The highest BCUT2D eigenvalue weighted by Crippen LogP contribution is 2.27. The SMILES string of the molecule is CCCNC(=O)[C@@H](C)N(Cc1ccccc1Cl)C(=O)CN(c1ccc(C)c(C)c1)S(=O)(=O)c1ccccc1. The van der Waals surface area contributed by atoms with Crippen LogP contribution in [0, 0.1) is 13.8 Å². The molecule has 3 aromatic carbocycles. The normalized spacial score (nSPS) is 12.0. The second kappa shape index (κ2) is 12.9. The van der Waals surface area contributed by atoms with Crippen LogP contribution in [0.15, 0.2) is 77.7 Å². The lowest BCUT2D eigenvalue weighted by Gasteiger charge is -2.32. The molecular weight excluding hydrogens is 522 g/mol. The first-order valence-corrected chi connectivity index (χ1v) is 14.3. The summed E-state index contributed by atoms with van der Waals surface area (Å²) < 4.78 is 28.7. The quantitative estimate of drug-likeness (QED) is 0.357. The van der Waals surface area contributed by atoms with Crippen LogP contribution >= 0.6 is 11.6 Å². The third-order valence-corrected chi connectivity index (χ3v) is 8.56. The fraction of sp³-hybridized carbons (Fsp3) is 0.310. The molecule has 3 aromatic rings. The van der Waals surface area contributed by atoms with Crippen molar-refractivity contribution < 1.29 is 18.0 Å². The number of carbonyl (C=O) groups is 2. The van der Waals surface area contributed by atoms with Gasteiger partial charge in [0.15, 0.2) is 0 Å². The summed E-state index contributed by atoms with van der Waals surface area (Å²) in [6.45, 7) is 7.41. The average molecular weight is 556 g/mol. The van der Waals surface area contributed by atoms with Gasteiger partial charge in [0.25, 0.3) is 10.0 Å². The Hall–Kier alpha value is -3.36. The van der Waals surface area contributed by atoms with E-state index in [9.17, 15) is 18.0 Å². The van der Waals surface area contributed by atoms with E-state index < -0.39 is 28.5 Å². The topological polar surface area (TPSA) is 86.8 Å². The van der Waals surface area contributed by atoms with Crippen molar-refractivity contribution >= 4 is 39.1 Å². The van der Waals surface area contributed by atoms with Gasteiger partial charge in [0.2, 0.25) is 11.8 Å². The van der Waals surface area contributed by atoms with Crippen LogP contribution in [-0.4, -0.2) is 44.3 Å². The van der Waals surface area contributed by atoms with E-state index in [0.717, 1.165) is 21.9 Å². The van der Waals surface area contributed by atoms with Crippen molar-refractivity contribution in [2.75, 3.05) is 17.4 Å². The summed E-state index contributed by atoms with van der Waals surface area (Å²) in [5, 5.41) is 3.28. The average Bonchev–Trinajstić information content (AvgIpc) is 2.91. The summed E-state index contributed by atoms with van der Waals surface area (Å²) in [7, 11) is -4.09. The zero-order valence-electron chi connectivity index (χ0n) is 22.1. The van der Waals surface area contributed by atoms with E-state index in [1.165, 1.54) is 17.0 Å². The van der Waals surface area contributed by atoms with Crippen molar-refractivity contribution in [2.45, 2.75) is 51.6 Å². The highest BCUT2D eigenvalue weighted by Gasteiger charge is 2.32. The maximum atomic E-state index is 13.9. The van der Waals surface area contributed by atoms with Gasteiger partial charge in [0, 0.05) is 18.1 Å². The van der Waals surface area contributed by atoms with Gasteiger partial charge in [-0.15, -0.1) is 0 Å². The first kappa shape index (κ1) is 29.2. The summed E-state index contributed by atoms with van der Waals surface area (Å²) in [5.74, 6) is -0.849. The highest BCUT2D eigenvalue weighted by molar-refractivity contribution is 7.92. The molecule has 38 heavy (non-hydrogen) atoms. The van der Waals surface area contributed by atoms with E-state index in [-0.39, 0.29) is 17.3 Å². The number of hydrogen-bond acceptors (Lipinski definition) is 4. The summed E-state index contributed by atoms with van der Waals surface area (Å²) in [4.78, 5) is 28.2. The van der Waals surface area contributed by atoms with Gasteiger partial charge in [-0.1, -0.05) is 61.0 Å². The van der Waals surface area contributed by atoms with Crippen LogP contribution in [-0.2, 0) is 26.2 Å². The van der Waals surface area contributed by atoms with Crippen LogP contribution < -0.4 is 9.62 Å². The van der Waals surface area contributed by atoms with E-state index in [4.69, 9.17) is 11.6 Å². The highest BCUT2D eigenvalue weighted by atomic mass is 35.5. The van der Waals surface area contributed by atoms with Gasteiger partial charge < -0.3 is 10.2 Å². The number of halogens is 1. The van der Waals surface area contributed by atoms with Gasteiger partial charge in [0.1, 0.15) is 12.6 Å². The fourth-order valence-electron chi connectivity index (χ4n) is 3.92. The Balaban J connectivity index is 2.04. The number of sulfonamides is 1. The molecule has 2 amide bonds. The molecule has 0 saturated heterocycles. The summed E-state index contributed by atoms with van der Waals surface area (Å²) in [5.41, 5.74) is 2.91. The molecule has 0 spiro atoms. The minimum Gasteiger partial charge on any atom is -0.354 e. The first-order chi connectivity index (χ1) is 18.1. The maximum Gasteiger partial charge on any atom is 0.264 e. The molecule has 0 fully saturated rings. The molecule has 0 unspecified atom stereocenters. The summed E-state index contributed by atoms with van der Waals surface area (Å²) >= 11 is 6.38. The van der Waals surface area contributed by atoms with Crippen LogP contribution in [0.1, 0.15) is 37.0 Å². The lowest BCUT2D eigenvalue weighted by Crippen LogP contribution is -2.51. The first-order valence-electron chi connectivity index (χ1n) is 12.5. The number of aryl methyl sites for hydroxylation is 2. The van der Waals surface area contributed by atoms with Crippen molar-refractivity contribution in [3.05, 3.63) is 94.5 Å². The van der Waals surface area contributed by atoms with E-state index in [1.807, 2.05) is 26.8 Å². The summed E-state index contributed by atoms with van der Waals surface area (Å²) in [6.07, 6.45) is 0.743. The Labute approximate surface area is 230 Å². The third-order valence-electron chi connectivity index (χ3n) is 6.40. The molecular formula is C29H34ClN3O4S. The van der Waals surface area contributed by atoms with Gasteiger partial charge in [-0.2, -0.15) is 0 Å². The van der Waals surface area contributed by atoms with E-state index in [2.05, 4.69) is 5.32 Å². The molecule has 0 saturated carbocycles. The number of nitrogens with one attached hydrogen (secondary N) is 1. The minimum atomic E-state index is -4.09. The predicted molar refractivity (Wildman–Crippen MR) is 152 cm³/mol. The number of carbonyl (C=O) groups excluding carboxylic acids is 2. The number of amides is 2. The number of nitrogens with zero attached hydrogens (tertiary/aromatic N) is 2. The Morgan fingerprint density at radius 3 is 2.24 bits per heavy atom. The molecule has 0 bridgehead atoms. The van der Waals surface area contributed by atoms with Crippen LogP contribution in [0.2, 0.25) is 5.02 Å². The van der Waals surface area contributed by atoms with E-state index >= 15 is 0 Å². The van der Waals surface area contributed by atoms with Crippen molar-refractivity contribution in [3.8, 4) is 0 Å². The van der Waals surface area contributed by atoms with Crippen LogP contribution in [0.5, 0.6) is 0 Å². The molecule has 9 heteroatoms. The predicted octanol–water partition coefficient (Wildman–Crippen LogP) is 5.10. The fourth-order valence-corrected chi connectivity index (χ4v) is 5.54. The number of rotatable bonds is 11. The van der Waals surface area contributed by atoms with E-state index in [1.54, 1.807) is 61.5 Å². The molecule has 3 rings (SSSR count). The van der Waals surface area contributed by atoms with Gasteiger partial charge in [0.05, 0.1) is 10.6 Å².